The Morgan fingerprint density at radius 1 is 1.29 bits per heavy atom. The van der Waals surface area contributed by atoms with Crippen LogP contribution in [0.25, 0.3) is 0 Å². The van der Waals surface area contributed by atoms with Crippen LogP contribution >= 0.6 is 23.5 Å². The Balaban J connectivity index is 1.88. The summed E-state index contributed by atoms with van der Waals surface area (Å²) in [5.74, 6) is 2.42. The van der Waals surface area contributed by atoms with Crippen molar-refractivity contribution in [3.05, 3.63) is 24.3 Å². The predicted molar refractivity (Wildman–Crippen MR) is 67.5 cm³/mol. The average Bonchev–Trinajstić information content (AvgIpc) is 2.19. The lowest BCUT2D eigenvalue weighted by Crippen LogP contribution is -2.36. The molecule has 0 saturated carbocycles. The number of rotatable bonds is 2. The van der Waals surface area contributed by atoms with E-state index < -0.39 is 0 Å². The third kappa shape index (κ3) is 2.81. The molecule has 78 valence electrons. The molecule has 3 heteroatoms. The molecule has 0 N–H and O–H groups in total. The fourth-order valence-corrected chi connectivity index (χ4v) is 3.98. The van der Waals surface area contributed by atoms with Gasteiger partial charge < -0.3 is 0 Å². The summed E-state index contributed by atoms with van der Waals surface area (Å²) in [6, 6.07) is 0. The van der Waals surface area contributed by atoms with Crippen molar-refractivity contribution in [1.82, 2.24) is 4.90 Å². The Morgan fingerprint density at radius 3 is 2.71 bits per heavy atom. The fourth-order valence-electron chi connectivity index (χ4n) is 1.92. The van der Waals surface area contributed by atoms with Gasteiger partial charge in [-0.3, -0.25) is 4.90 Å². The quantitative estimate of drug-likeness (QED) is 0.713. The minimum Gasteiger partial charge on any atom is -0.284 e. The largest absolute Gasteiger partial charge is 0.284 e. The van der Waals surface area contributed by atoms with Gasteiger partial charge in [-0.15, -0.1) is 23.5 Å². The molecule has 0 amide bonds. The molecule has 1 atom stereocenters. The van der Waals surface area contributed by atoms with Crippen LogP contribution in [-0.4, -0.2) is 28.3 Å². The molecule has 0 aromatic carbocycles. The van der Waals surface area contributed by atoms with Gasteiger partial charge in [0, 0.05) is 28.8 Å². The fraction of sp³-hybridized carbons (Fsp3) is 0.636. The first kappa shape index (κ1) is 10.7. The molecule has 14 heavy (non-hydrogen) atoms. The van der Waals surface area contributed by atoms with E-state index in [1.165, 1.54) is 29.8 Å². The van der Waals surface area contributed by atoms with Gasteiger partial charge in [-0.25, -0.2) is 0 Å². The number of hydrogen-bond acceptors (Lipinski definition) is 3. The average molecular weight is 227 g/mol. The number of thioether (sulfide) groups is 2. The summed E-state index contributed by atoms with van der Waals surface area (Å²) >= 11 is 4.07. The third-order valence-electron chi connectivity index (χ3n) is 2.63. The summed E-state index contributed by atoms with van der Waals surface area (Å²) in [4.78, 5) is 2.56. The first-order valence-electron chi connectivity index (χ1n) is 5.01. The lowest BCUT2D eigenvalue weighted by Gasteiger charge is -2.35. The van der Waals surface area contributed by atoms with Gasteiger partial charge in [-0.05, 0) is 6.42 Å². The van der Waals surface area contributed by atoms with E-state index in [-0.39, 0.29) is 0 Å². The Labute approximate surface area is 95.0 Å². The van der Waals surface area contributed by atoms with Crippen LogP contribution in [0.1, 0.15) is 13.3 Å². The first-order valence-corrected chi connectivity index (χ1v) is 7.32. The molecule has 0 aromatic rings. The van der Waals surface area contributed by atoms with Crippen molar-refractivity contribution < 1.29 is 0 Å². The number of allylic oxidation sites excluding steroid dienone is 3. The molecular weight excluding hydrogens is 210 g/mol. The highest BCUT2D eigenvalue weighted by Gasteiger charge is 2.25. The van der Waals surface area contributed by atoms with Crippen molar-refractivity contribution in [2.75, 3.05) is 23.4 Å². The van der Waals surface area contributed by atoms with E-state index in [0.717, 1.165) is 0 Å². The van der Waals surface area contributed by atoms with Crippen LogP contribution in [0.4, 0.5) is 0 Å². The molecule has 1 fully saturated rings. The molecule has 2 rings (SSSR count). The lowest BCUT2D eigenvalue weighted by molar-refractivity contribution is 0.256. The van der Waals surface area contributed by atoms with E-state index in [4.69, 9.17) is 0 Å². The highest BCUT2D eigenvalue weighted by Crippen LogP contribution is 2.31. The molecule has 1 aliphatic carbocycles. The highest BCUT2D eigenvalue weighted by molar-refractivity contribution is 8.16. The van der Waals surface area contributed by atoms with Crippen molar-refractivity contribution in [1.29, 1.82) is 0 Å². The van der Waals surface area contributed by atoms with Crippen molar-refractivity contribution in [3.8, 4) is 0 Å². The van der Waals surface area contributed by atoms with Gasteiger partial charge in [0.05, 0.1) is 0 Å². The highest BCUT2D eigenvalue weighted by atomic mass is 32.2. The standard InChI is InChI=1S/C11H17NS2/c1-11(5-3-2-4-6-11)7-12-8-13-10-14-9-12/h2-5H,6-10H2,1H3/t11-/m0/s1. The van der Waals surface area contributed by atoms with Gasteiger partial charge in [0.2, 0.25) is 0 Å². The first-order chi connectivity index (χ1) is 6.79. The topological polar surface area (TPSA) is 3.24 Å². The van der Waals surface area contributed by atoms with E-state index in [0.29, 0.717) is 5.41 Å². The van der Waals surface area contributed by atoms with E-state index in [2.05, 4.69) is 36.1 Å². The van der Waals surface area contributed by atoms with Crippen LogP contribution in [-0.2, 0) is 0 Å². The Bertz CT molecular complexity index is 244. The summed E-state index contributed by atoms with van der Waals surface area (Å²) in [7, 11) is 0. The second kappa shape index (κ2) is 4.77. The van der Waals surface area contributed by atoms with Crippen molar-refractivity contribution in [2.24, 2.45) is 5.41 Å². The minimum absolute atomic E-state index is 0.368. The third-order valence-corrected chi connectivity index (χ3v) is 5.06. The number of nitrogens with zero attached hydrogens (tertiary/aromatic N) is 1. The molecule has 1 heterocycles. The minimum atomic E-state index is 0.368. The maximum Gasteiger partial charge on any atom is 0.0461 e. The summed E-state index contributed by atoms with van der Waals surface area (Å²) in [6.45, 7) is 3.56. The smallest absolute Gasteiger partial charge is 0.0461 e. The molecular formula is C11H17NS2. The Kier molecular flexibility index (Phi) is 3.63. The maximum atomic E-state index is 2.56. The molecule has 1 nitrogen and oxygen atoms in total. The van der Waals surface area contributed by atoms with Crippen LogP contribution in [0.3, 0.4) is 0 Å². The van der Waals surface area contributed by atoms with Gasteiger partial charge in [-0.2, -0.15) is 0 Å². The van der Waals surface area contributed by atoms with Crippen LogP contribution in [0.5, 0.6) is 0 Å². The van der Waals surface area contributed by atoms with E-state index in [9.17, 15) is 0 Å². The predicted octanol–water partition coefficient (Wildman–Crippen LogP) is 3.16. The Morgan fingerprint density at radius 2 is 2.07 bits per heavy atom. The van der Waals surface area contributed by atoms with Gasteiger partial charge in [-0.1, -0.05) is 31.2 Å². The molecule has 0 spiro atoms. The van der Waals surface area contributed by atoms with E-state index in [1.54, 1.807) is 0 Å². The van der Waals surface area contributed by atoms with Crippen LogP contribution in [0, 0.1) is 5.41 Å². The maximum absolute atomic E-state index is 2.56. The van der Waals surface area contributed by atoms with Gasteiger partial charge in [0.1, 0.15) is 0 Å². The lowest BCUT2D eigenvalue weighted by atomic mass is 9.83. The van der Waals surface area contributed by atoms with Crippen LogP contribution in [0.15, 0.2) is 24.3 Å². The molecule has 0 bridgehead atoms. The zero-order valence-electron chi connectivity index (χ0n) is 8.61. The second-order valence-electron chi connectivity index (χ2n) is 4.26. The normalized spacial score (nSPS) is 33.5. The molecule has 0 radical (unpaired) electrons. The van der Waals surface area contributed by atoms with Crippen LogP contribution < -0.4 is 0 Å². The van der Waals surface area contributed by atoms with E-state index >= 15 is 0 Å². The molecule has 0 unspecified atom stereocenters. The van der Waals surface area contributed by atoms with Gasteiger partial charge >= 0.3 is 0 Å². The summed E-state index contributed by atoms with van der Waals surface area (Å²) in [5, 5.41) is 1.27. The van der Waals surface area contributed by atoms with E-state index in [1.807, 2.05) is 23.5 Å². The van der Waals surface area contributed by atoms with Gasteiger partial charge in [0.25, 0.3) is 0 Å². The van der Waals surface area contributed by atoms with Crippen molar-refractivity contribution in [2.45, 2.75) is 13.3 Å². The summed E-state index contributed by atoms with van der Waals surface area (Å²) in [6.07, 6.45) is 10.2. The van der Waals surface area contributed by atoms with Crippen molar-refractivity contribution >= 4 is 23.5 Å². The number of hydrogen-bond donors (Lipinski definition) is 0. The summed E-state index contributed by atoms with van der Waals surface area (Å²) < 4.78 is 0. The zero-order valence-corrected chi connectivity index (χ0v) is 10.2. The van der Waals surface area contributed by atoms with Crippen molar-refractivity contribution in [3.63, 3.8) is 0 Å². The molecule has 1 saturated heterocycles. The van der Waals surface area contributed by atoms with Crippen LogP contribution in [0.2, 0.25) is 0 Å². The van der Waals surface area contributed by atoms with Gasteiger partial charge in [0.15, 0.2) is 0 Å². The second-order valence-corrected chi connectivity index (χ2v) is 6.53. The Hall–Kier alpha value is 0.140. The summed E-state index contributed by atoms with van der Waals surface area (Å²) in [5.41, 5.74) is 0.368. The molecule has 2 aliphatic rings. The molecule has 1 aliphatic heterocycles. The monoisotopic (exact) mass is 227 g/mol. The SMILES string of the molecule is C[C@]1(CN2CSCSC2)C=CC=CC1. The molecule has 0 aromatic heterocycles. The zero-order chi connectivity index (χ0) is 9.86.